The molecule has 1 rings (SSSR count). The van der Waals surface area contributed by atoms with Crippen molar-refractivity contribution in [2.75, 3.05) is 0 Å². The molecule has 0 saturated heterocycles. The summed E-state index contributed by atoms with van der Waals surface area (Å²) in [6.07, 6.45) is -0.0361. The summed E-state index contributed by atoms with van der Waals surface area (Å²) in [6, 6.07) is 5.81. The minimum atomic E-state index is -1.09. The van der Waals surface area contributed by atoms with Crippen LogP contribution in [0.1, 0.15) is 24.8 Å². The molecule has 0 spiro atoms. The molecule has 0 amide bonds. The van der Waals surface area contributed by atoms with Crippen LogP contribution in [0.2, 0.25) is 0 Å². The molecule has 1 aromatic carbocycles. The van der Waals surface area contributed by atoms with Gasteiger partial charge in [0.2, 0.25) is 0 Å². The Labute approximate surface area is 76.0 Å². The van der Waals surface area contributed by atoms with E-state index in [4.69, 9.17) is 0 Å². The van der Waals surface area contributed by atoms with E-state index >= 15 is 0 Å². The Bertz CT molecular complexity index is 292. The first-order chi connectivity index (χ1) is 6.09. The zero-order chi connectivity index (χ0) is 9.84. The van der Waals surface area contributed by atoms with Crippen LogP contribution >= 0.6 is 0 Å². The van der Waals surface area contributed by atoms with E-state index < -0.39 is 5.97 Å². The van der Waals surface area contributed by atoms with E-state index in [2.05, 4.69) is 0 Å². The van der Waals surface area contributed by atoms with Gasteiger partial charge < -0.3 is 9.90 Å². The molecule has 0 N–H and O–H groups in total. The van der Waals surface area contributed by atoms with Gasteiger partial charge in [-0.05, 0) is 30.0 Å². The Kier molecular flexibility index (Phi) is 3.01. The molecule has 70 valence electrons. The van der Waals surface area contributed by atoms with Crippen molar-refractivity contribution in [2.45, 2.75) is 19.3 Å². The van der Waals surface area contributed by atoms with Crippen LogP contribution in [0.25, 0.3) is 0 Å². The largest absolute Gasteiger partial charge is 0.550 e. The highest BCUT2D eigenvalue weighted by molar-refractivity contribution is 5.65. The number of halogens is 1. The minimum absolute atomic E-state index is 0.0361. The molecule has 1 aromatic rings. The van der Waals surface area contributed by atoms with Crippen LogP contribution in [0.5, 0.6) is 0 Å². The standard InChI is InChI=1S/C10H11FO2/c1-7(6-10(12)13)8-2-4-9(11)5-3-8/h2-5,7H,6H2,1H3,(H,12,13)/p-1. The number of rotatable bonds is 3. The Morgan fingerprint density at radius 2 is 2.00 bits per heavy atom. The second-order valence-corrected chi connectivity index (χ2v) is 3.03. The van der Waals surface area contributed by atoms with Crippen molar-refractivity contribution >= 4 is 5.97 Å². The number of carboxylic acids is 1. The number of benzene rings is 1. The summed E-state index contributed by atoms with van der Waals surface area (Å²) in [4.78, 5) is 10.3. The van der Waals surface area contributed by atoms with Crippen molar-refractivity contribution < 1.29 is 14.3 Å². The first-order valence-electron chi connectivity index (χ1n) is 4.05. The highest BCUT2D eigenvalue weighted by atomic mass is 19.1. The molecule has 1 atom stereocenters. The maximum atomic E-state index is 12.5. The zero-order valence-electron chi connectivity index (χ0n) is 7.29. The quantitative estimate of drug-likeness (QED) is 0.699. The van der Waals surface area contributed by atoms with Crippen molar-refractivity contribution in [3.05, 3.63) is 35.6 Å². The van der Waals surface area contributed by atoms with Crippen LogP contribution in [0.3, 0.4) is 0 Å². The number of carbonyl (C=O) groups excluding carboxylic acids is 1. The monoisotopic (exact) mass is 181 g/mol. The van der Waals surface area contributed by atoms with Crippen molar-refractivity contribution in [2.24, 2.45) is 0 Å². The molecule has 3 heteroatoms. The third kappa shape index (κ3) is 2.86. The molecule has 0 aromatic heterocycles. The lowest BCUT2D eigenvalue weighted by Crippen LogP contribution is -2.23. The lowest BCUT2D eigenvalue weighted by Gasteiger charge is -2.11. The molecule has 0 saturated carbocycles. The molecular weight excluding hydrogens is 171 g/mol. The van der Waals surface area contributed by atoms with Crippen LogP contribution < -0.4 is 5.11 Å². The van der Waals surface area contributed by atoms with E-state index in [1.165, 1.54) is 12.1 Å². The first kappa shape index (κ1) is 9.71. The van der Waals surface area contributed by atoms with Crippen LogP contribution in [-0.2, 0) is 4.79 Å². The fraction of sp³-hybridized carbons (Fsp3) is 0.300. The van der Waals surface area contributed by atoms with Crippen molar-refractivity contribution in [3.8, 4) is 0 Å². The number of hydrogen-bond acceptors (Lipinski definition) is 2. The summed E-state index contributed by atoms with van der Waals surface area (Å²) in [5.74, 6) is -1.54. The Hall–Kier alpha value is -1.38. The summed E-state index contributed by atoms with van der Waals surface area (Å²) in [5.41, 5.74) is 0.811. The fourth-order valence-corrected chi connectivity index (χ4v) is 1.16. The van der Waals surface area contributed by atoms with E-state index in [-0.39, 0.29) is 18.2 Å². The van der Waals surface area contributed by atoms with Gasteiger partial charge in [-0.2, -0.15) is 0 Å². The van der Waals surface area contributed by atoms with Gasteiger partial charge >= 0.3 is 0 Å². The third-order valence-corrected chi connectivity index (χ3v) is 1.91. The van der Waals surface area contributed by atoms with Gasteiger partial charge in [-0.1, -0.05) is 19.1 Å². The van der Waals surface area contributed by atoms with E-state index in [0.717, 1.165) is 5.56 Å². The third-order valence-electron chi connectivity index (χ3n) is 1.91. The molecular formula is C10H10FO2-. The topological polar surface area (TPSA) is 40.1 Å². The number of hydrogen-bond donors (Lipinski definition) is 0. The molecule has 0 aliphatic heterocycles. The minimum Gasteiger partial charge on any atom is -0.550 e. The molecule has 1 unspecified atom stereocenters. The van der Waals surface area contributed by atoms with Crippen molar-refractivity contribution in [1.82, 2.24) is 0 Å². The van der Waals surface area contributed by atoms with Crippen LogP contribution in [0.15, 0.2) is 24.3 Å². The van der Waals surface area contributed by atoms with Gasteiger partial charge in [0.1, 0.15) is 5.82 Å². The molecule has 0 aliphatic rings. The second-order valence-electron chi connectivity index (χ2n) is 3.03. The predicted octanol–water partition coefficient (Wildman–Crippen LogP) is 1.07. The van der Waals surface area contributed by atoms with Gasteiger partial charge in [-0.25, -0.2) is 4.39 Å². The second kappa shape index (κ2) is 4.03. The van der Waals surface area contributed by atoms with E-state index in [9.17, 15) is 14.3 Å². The molecule has 0 bridgehead atoms. The fourth-order valence-electron chi connectivity index (χ4n) is 1.16. The molecule has 2 nitrogen and oxygen atoms in total. The maximum Gasteiger partial charge on any atom is 0.123 e. The van der Waals surface area contributed by atoms with E-state index in [1.54, 1.807) is 19.1 Å². The Morgan fingerprint density at radius 1 is 1.46 bits per heavy atom. The van der Waals surface area contributed by atoms with Gasteiger partial charge in [-0.15, -0.1) is 0 Å². The predicted molar refractivity (Wildman–Crippen MR) is 44.4 cm³/mol. The highest BCUT2D eigenvalue weighted by Crippen LogP contribution is 2.18. The van der Waals surface area contributed by atoms with Gasteiger partial charge in [0.25, 0.3) is 0 Å². The van der Waals surface area contributed by atoms with Gasteiger partial charge in [0, 0.05) is 5.97 Å². The zero-order valence-corrected chi connectivity index (χ0v) is 7.29. The highest BCUT2D eigenvalue weighted by Gasteiger charge is 2.05. The number of carbonyl (C=O) groups is 1. The van der Waals surface area contributed by atoms with Gasteiger partial charge in [0.15, 0.2) is 0 Å². The molecule has 0 heterocycles. The van der Waals surface area contributed by atoms with Crippen molar-refractivity contribution in [3.63, 3.8) is 0 Å². The lowest BCUT2D eigenvalue weighted by atomic mass is 9.98. The van der Waals surface area contributed by atoms with Crippen LogP contribution in [0, 0.1) is 5.82 Å². The smallest absolute Gasteiger partial charge is 0.123 e. The number of carboxylic acid groups (broad SMARTS) is 1. The summed E-state index contributed by atoms with van der Waals surface area (Å²) in [6.45, 7) is 1.77. The summed E-state index contributed by atoms with van der Waals surface area (Å²) in [5, 5.41) is 10.3. The molecule has 0 radical (unpaired) electrons. The summed E-state index contributed by atoms with van der Waals surface area (Å²) in [7, 11) is 0. The maximum absolute atomic E-state index is 12.5. The van der Waals surface area contributed by atoms with Gasteiger partial charge in [0.05, 0.1) is 0 Å². The van der Waals surface area contributed by atoms with Crippen LogP contribution in [-0.4, -0.2) is 5.97 Å². The normalized spacial score (nSPS) is 12.5. The molecule has 13 heavy (non-hydrogen) atoms. The number of aliphatic carboxylic acids is 1. The SMILES string of the molecule is CC(CC(=O)[O-])c1ccc(F)cc1. The van der Waals surface area contributed by atoms with Crippen LogP contribution in [0.4, 0.5) is 4.39 Å². The van der Waals surface area contributed by atoms with E-state index in [0.29, 0.717) is 0 Å². The average Bonchev–Trinajstić information content (AvgIpc) is 2.04. The summed E-state index contributed by atoms with van der Waals surface area (Å²) < 4.78 is 12.5. The lowest BCUT2D eigenvalue weighted by molar-refractivity contribution is -0.306. The Balaban J connectivity index is 2.71. The van der Waals surface area contributed by atoms with Crippen molar-refractivity contribution in [1.29, 1.82) is 0 Å². The molecule has 0 fully saturated rings. The first-order valence-corrected chi connectivity index (χ1v) is 4.05. The Morgan fingerprint density at radius 3 is 2.46 bits per heavy atom. The van der Waals surface area contributed by atoms with E-state index in [1.807, 2.05) is 0 Å². The van der Waals surface area contributed by atoms with Gasteiger partial charge in [-0.3, -0.25) is 0 Å². The molecule has 0 aliphatic carbocycles. The summed E-state index contributed by atoms with van der Waals surface area (Å²) >= 11 is 0. The average molecular weight is 181 g/mol.